The van der Waals surface area contributed by atoms with Gasteiger partial charge in [0.15, 0.2) is 0 Å². The number of hydrazine groups is 1. The summed E-state index contributed by atoms with van der Waals surface area (Å²) in [5.41, 5.74) is 3.32. The van der Waals surface area contributed by atoms with Gasteiger partial charge in [0.2, 0.25) is 5.95 Å². The molecule has 0 rings (SSSR count). The van der Waals surface area contributed by atoms with Crippen LogP contribution in [0.5, 0.6) is 0 Å². The van der Waals surface area contributed by atoms with Crippen LogP contribution in [0.2, 0.25) is 0 Å². The molecule has 2 nitrogen and oxygen atoms in total. The Bertz CT molecular complexity index is 116. The summed E-state index contributed by atoms with van der Waals surface area (Å²) in [6.45, 7) is 3.45. The van der Waals surface area contributed by atoms with Gasteiger partial charge in [-0.3, -0.25) is 5.01 Å². The number of hydrogen-bond acceptors (Lipinski definition) is 2. The summed E-state index contributed by atoms with van der Waals surface area (Å²) in [4.78, 5) is 0. The van der Waals surface area contributed by atoms with Crippen molar-refractivity contribution < 1.29 is 4.39 Å². The van der Waals surface area contributed by atoms with Crippen molar-refractivity contribution in [3.8, 4) is 0 Å². The number of halogens is 1. The topological polar surface area (TPSA) is 15.3 Å². The molecule has 0 amide bonds. The predicted molar refractivity (Wildman–Crippen MR) is 36.3 cm³/mol. The zero-order chi connectivity index (χ0) is 7.44. The highest BCUT2D eigenvalue weighted by molar-refractivity contribution is 4.98. The van der Waals surface area contributed by atoms with Gasteiger partial charge in [-0.1, -0.05) is 0 Å². The lowest BCUT2D eigenvalue weighted by molar-refractivity contribution is 0.252. The number of allylic oxidation sites excluding steroid dienone is 1. The summed E-state index contributed by atoms with van der Waals surface area (Å²) in [5.74, 6) is -0.225. The third-order valence-corrected chi connectivity index (χ3v) is 1.04. The van der Waals surface area contributed by atoms with E-state index in [4.69, 9.17) is 0 Å². The van der Waals surface area contributed by atoms with E-state index in [-0.39, 0.29) is 5.95 Å². The van der Waals surface area contributed by atoms with Gasteiger partial charge in [-0.25, -0.2) is 5.43 Å². The van der Waals surface area contributed by atoms with Crippen LogP contribution >= 0.6 is 0 Å². The molecule has 3 heteroatoms. The van der Waals surface area contributed by atoms with Crippen molar-refractivity contribution in [3.63, 3.8) is 0 Å². The maximum atomic E-state index is 12.7. The summed E-state index contributed by atoms with van der Waals surface area (Å²) >= 11 is 0. The fourth-order valence-electron chi connectivity index (χ4n) is 0.434. The first kappa shape index (κ1) is 8.43. The first-order chi connectivity index (χ1) is 4.09. The molecule has 0 aromatic heterocycles. The Kier molecular flexibility index (Phi) is 3.24. The van der Waals surface area contributed by atoms with Crippen LogP contribution in [0, 0.1) is 0 Å². The lowest BCUT2D eigenvalue weighted by atomic mass is 10.4. The minimum Gasteiger partial charge on any atom is -0.287 e. The molecule has 0 aromatic carbocycles. The Morgan fingerprint density at radius 1 is 1.44 bits per heavy atom. The molecule has 0 aliphatic rings. The number of nitrogens with one attached hydrogen (secondary N) is 1. The van der Waals surface area contributed by atoms with Gasteiger partial charge < -0.3 is 0 Å². The molecular weight excluding hydrogens is 119 g/mol. The van der Waals surface area contributed by atoms with Crippen LogP contribution in [0.4, 0.5) is 4.39 Å². The zero-order valence-corrected chi connectivity index (χ0v) is 6.33. The minimum absolute atomic E-state index is 0.225. The molecule has 0 bridgehead atoms. The summed E-state index contributed by atoms with van der Waals surface area (Å²) in [5, 5.41) is 1.33. The van der Waals surface area contributed by atoms with Crippen molar-refractivity contribution in [3.05, 3.63) is 11.5 Å². The summed E-state index contributed by atoms with van der Waals surface area (Å²) in [7, 11) is 3.30. The van der Waals surface area contributed by atoms with Gasteiger partial charge in [0.05, 0.1) is 0 Å². The molecular formula is C6H13FN2. The molecule has 0 aromatic rings. The van der Waals surface area contributed by atoms with Crippen LogP contribution in [0.25, 0.3) is 0 Å². The monoisotopic (exact) mass is 132 g/mol. The molecule has 0 spiro atoms. The van der Waals surface area contributed by atoms with Crippen molar-refractivity contribution in [1.82, 2.24) is 10.4 Å². The Balaban J connectivity index is 4.02. The van der Waals surface area contributed by atoms with E-state index in [0.29, 0.717) is 5.57 Å². The first-order valence-electron chi connectivity index (χ1n) is 2.83. The van der Waals surface area contributed by atoms with Crippen LogP contribution in [0.15, 0.2) is 11.5 Å². The molecule has 0 aliphatic carbocycles. The van der Waals surface area contributed by atoms with Crippen LogP contribution in [-0.4, -0.2) is 19.1 Å². The lowest BCUT2D eigenvalue weighted by Crippen LogP contribution is -2.28. The smallest absolute Gasteiger partial charge is 0.202 e. The molecule has 0 atom stereocenters. The van der Waals surface area contributed by atoms with Crippen LogP contribution in [0.1, 0.15) is 13.8 Å². The molecule has 9 heavy (non-hydrogen) atoms. The third kappa shape index (κ3) is 2.46. The fraction of sp³-hybridized carbons (Fsp3) is 0.667. The average Bonchev–Trinajstić information content (AvgIpc) is 1.84. The SMILES string of the molecule is CNN(C)C(F)=C(C)C. The molecule has 0 radical (unpaired) electrons. The van der Waals surface area contributed by atoms with E-state index in [0.717, 1.165) is 0 Å². The highest BCUT2D eigenvalue weighted by Gasteiger charge is 1.99. The van der Waals surface area contributed by atoms with Crippen LogP contribution in [-0.2, 0) is 0 Å². The lowest BCUT2D eigenvalue weighted by Gasteiger charge is -2.15. The van der Waals surface area contributed by atoms with Crippen molar-refractivity contribution in [2.45, 2.75) is 13.8 Å². The van der Waals surface area contributed by atoms with E-state index in [2.05, 4.69) is 5.43 Å². The van der Waals surface area contributed by atoms with Gasteiger partial charge in [0, 0.05) is 14.1 Å². The van der Waals surface area contributed by atoms with Gasteiger partial charge in [-0.15, -0.1) is 0 Å². The molecule has 54 valence electrons. The zero-order valence-electron chi connectivity index (χ0n) is 6.33. The highest BCUT2D eigenvalue weighted by atomic mass is 19.1. The third-order valence-electron chi connectivity index (χ3n) is 1.04. The normalized spacial score (nSPS) is 9.00. The van der Waals surface area contributed by atoms with Gasteiger partial charge in [-0.05, 0) is 19.4 Å². The van der Waals surface area contributed by atoms with E-state index < -0.39 is 0 Å². The molecule has 0 saturated carbocycles. The van der Waals surface area contributed by atoms with E-state index >= 15 is 0 Å². The molecule has 0 fully saturated rings. The quantitative estimate of drug-likeness (QED) is 0.449. The number of rotatable bonds is 2. The average molecular weight is 132 g/mol. The van der Waals surface area contributed by atoms with Gasteiger partial charge in [-0.2, -0.15) is 4.39 Å². The van der Waals surface area contributed by atoms with Crippen LogP contribution in [0.3, 0.4) is 0 Å². The Hall–Kier alpha value is -0.570. The van der Waals surface area contributed by atoms with Gasteiger partial charge in [0.1, 0.15) is 0 Å². The summed E-state index contributed by atoms with van der Waals surface area (Å²) in [6.07, 6.45) is 0. The Labute approximate surface area is 55.3 Å². The van der Waals surface area contributed by atoms with E-state index in [1.165, 1.54) is 5.01 Å². The van der Waals surface area contributed by atoms with Crippen LogP contribution < -0.4 is 5.43 Å². The van der Waals surface area contributed by atoms with Crippen molar-refractivity contribution in [2.75, 3.05) is 14.1 Å². The fourth-order valence-corrected chi connectivity index (χ4v) is 0.434. The summed E-state index contributed by atoms with van der Waals surface area (Å²) < 4.78 is 12.7. The maximum absolute atomic E-state index is 12.7. The predicted octanol–water partition coefficient (Wildman–Crippen LogP) is 1.27. The highest BCUT2D eigenvalue weighted by Crippen LogP contribution is 2.05. The van der Waals surface area contributed by atoms with Gasteiger partial charge >= 0.3 is 0 Å². The van der Waals surface area contributed by atoms with Crippen molar-refractivity contribution >= 4 is 0 Å². The number of nitrogens with zero attached hydrogens (tertiary/aromatic N) is 1. The van der Waals surface area contributed by atoms with E-state index in [1.54, 1.807) is 27.9 Å². The van der Waals surface area contributed by atoms with E-state index in [1.807, 2.05) is 0 Å². The Morgan fingerprint density at radius 3 is 2.00 bits per heavy atom. The van der Waals surface area contributed by atoms with Crippen molar-refractivity contribution in [2.24, 2.45) is 0 Å². The van der Waals surface area contributed by atoms with E-state index in [9.17, 15) is 4.39 Å². The second kappa shape index (κ2) is 3.45. The second-order valence-corrected chi connectivity index (χ2v) is 2.07. The van der Waals surface area contributed by atoms with Crippen molar-refractivity contribution in [1.29, 1.82) is 0 Å². The maximum Gasteiger partial charge on any atom is 0.202 e. The van der Waals surface area contributed by atoms with Gasteiger partial charge in [0.25, 0.3) is 0 Å². The molecule has 0 saturated heterocycles. The molecule has 0 aliphatic heterocycles. The minimum atomic E-state index is -0.225. The standard InChI is InChI=1S/C6H13FN2/c1-5(2)6(7)9(4)8-3/h8H,1-4H3. The number of hydrogen-bond donors (Lipinski definition) is 1. The summed E-state index contributed by atoms with van der Waals surface area (Å²) in [6, 6.07) is 0. The second-order valence-electron chi connectivity index (χ2n) is 2.07. The first-order valence-corrected chi connectivity index (χ1v) is 2.83. The largest absolute Gasteiger partial charge is 0.287 e. The molecule has 0 unspecified atom stereocenters. The Morgan fingerprint density at radius 2 is 1.89 bits per heavy atom. The molecule has 0 heterocycles. The molecule has 1 N–H and O–H groups in total.